The predicted molar refractivity (Wildman–Crippen MR) is 91.9 cm³/mol. The zero-order valence-corrected chi connectivity index (χ0v) is 13.9. The molecule has 0 aromatic heterocycles. The van der Waals surface area contributed by atoms with E-state index < -0.39 is 5.54 Å². The van der Waals surface area contributed by atoms with Crippen LogP contribution in [0, 0.1) is 0 Å². The zero-order chi connectivity index (χ0) is 17.1. The van der Waals surface area contributed by atoms with Gasteiger partial charge in [-0.2, -0.15) is 0 Å². The second kappa shape index (κ2) is 4.84. The van der Waals surface area contributed by atoms with Gasteiger partial charge < -0.3 is 14.5 Å². The first-order chi connectivity index (χ1) is 11.5. The third-order valence-corrected chi connectivity index (χ3v) is 5.22. The highest BCUT2D eigenvalue weighted by Gasteiger charge is 2.56. The van der Waals surface area contributed by atoms with Crippen LogP contribution in [0.4, 0.5) is 11.4 Å². The highest BCUT2D eigenvalue weighted by atomic mass is 16.5. The maximum Gasteiger partial charge on any atom is 0.257 e. The van der Waals surface area contributed by atoms with Crippen molar-refractivity contribution >= 4 is 23.1 Å². The number of ether oxygens (including phenoxy) is 1. The van der Waals surface area contributed by atoms with Gasteiger partial charge in [-0.25, -0.2) is 0 Å². The van der Waals surface area contributed by atoms with Gasteiger partial charge >= 0.3 is 0 Å². The Hall–Kier alpha value is -2.82. The number of hydrogen-bond acceptors (Lipinski definition) is 4. The third kappa shape index (κ3) is 1.64. The fraction of sp³-hybridized carbons (Fsp3) is 0.263. The maximum absolute atomic E-state index is 13.1. The van der Waals surface area contributed by atoms with Crippen LogP contribution in [-0.4, -0.2) is 32.9 Å². The van der Waals surface area contributed by atoms with Gasteiger partial charge in [0.15, 0.2) is 11.3 Å². The molecule has 1 amide bonds. The topological polar surface area (TPSA) is 49.9 Å². The van der Waals surface area contributed by atoms with Crippen molar-refractivity contribution in [2.24, 2.45) is 0 Å². The molecule has 0 aliphatic carbocycles. The van der Waals surface area contributed by atoms with Crippen LogP contribution >= 0.6 is 0 Å². The quantitative estimate of drug-likeness (QED) is 0.810. The fourth-order valence-corrected chi connectivity index (χ4v) is 3.92. The Balaban J connectivity index is 1.95. The summed E-state index contributed by atoms with van der Waals surface area (Å²) in [7, 11) is 5.22. The van der Waals surface area contributed by atoms with E-state index in [1.807, 2.05) is 48.3 Å². The van der Waals surface area contributed by atoms with Crippen LogP contribution in [0.2, 0.25) is 0 Å². The highest BCUT2D eigenvalue weighted by Crippen LogP contribution is 2.50. The first-order valence-corrected chi connectivity index (χ1v) is 7.83. The Labute approximate surface area is 140 Å². The summed E-state index contributed by atoms with van der Waals surface area (Å²) in [5.41, 5.74) is 2.13. The Kier molecular flexibility index (Phi) is 2.97. The van der Waals surface area contributed by atoms with E-state index in [0.717, 1.165) is 16.9 Å². The second-order valence-electron chi connectivity index (χ2n) is 6.28. The first-order valence-electron chi connectivity index (χ1n) is 7.83. The van der Waals surface area contributed by atoms with Crippen molar-refractivity contribution in [1.82, 2.24) is 0 Å². The minimum Gasteiger partial charge on any atom is -0.497 e. The molecule has 2 aliphatic rings. The van der Waals surface area contributed by atoms with Crippen molar-refractivity contribution in [3.05, 3.63) is 53.6 Å². The van der Waals surface area contributed by atoms with Crippen molar-refractivity contribution in [3.8, 4) is 5.75 Å². The van der Waals surface area contributed by atoms with Crippen LogP contribution in [0.5, 0.6) is 5.75 Å². The number of para-hydroxylation sites is 1. The van der Waals surface area contributed by atoms with E-state index in [1.54, 1.807) is 25.1 Å². The third-order valence-electron chi connectivity index (χ3n) is 5.22. The van der Waals surface area contributed by atoms with Crippen molar-refractivity contribution < 1.29 is 14.3 Å². The Morgan fingerprint density at radius 3 is 2.54 bits per heavy atom. The van der Waals surface area contributed by atoms with Crippen molar-refractivity contribution in [2.45, 2.75) is 12.0 Å². The number of likely N-dealkylation sites (N-methyl/N-ethyl adjacent to an activating group) is 2. The van der Waals surface area contributed by atoms with E-state index in [1.165, 1.54) is 0 Å². The number of anilines is 2. The van der Waals surface area contributed by atoms with Crippen LogP contribution in [-0.2, 0) is 10.3 Å². The molecule has 2 aromatic carbocycles. The molecule has 0 fully saturated rings. The lowest BCUT2D eigenvalue weighted by Crippen LogP contribution is -2.55. The number of hydrogen-bond donors (Lipinski definition) is 0. The molecule has 5 nitrogen and oxygen atoms in total. The Morgan fingerprint density at radius 2 is 1.79 bits per heavy atom. The molecule has 0 saturated carbocycles. The molecule has 0 N–H and O–H groups in total. The SMILES string of the molecule is COc1ccc2c(c1)C(=O)CC1(C(=O)N(C)c3ccccc31)N2C. The highest BCUT2D eigenvalue weighted by molar-refractivity contribution is 6.16. The molecule has 1 atom stereocenters. The first kappa shape index (κ1) is 14.8. The van der Waals surface area contributed by atoms with Crippen molar-refractivity contribution in [1.29, 1.82) is 0 Å². The molecule has 0 radical (unpaired) electrons. The number of methoxy groups -OCH3 is 1. The molecular weight excluding hydrogens is 304 g/mol. The van der Waals surface area contributed by atoms with Gasteiger partial charge in [0.25, 0.3) is 5.91 Å². The van der Waals surface area contributed by atoms with E-state index in [9.17, 15) is 9.59 Å². The Bertz CT molecular complexity index is 877. The smallest absolute Gasteiger partial charge is 0.257 e. The zero-order valence-electron chi connectivity index (χ0n) is 13.9. The van der Waals surface area contributed by atoms with Crippen molar-refractivity contribution in [3.63, 3.8) is 0 Å². The maximum atomic E-state index is 13.1. The molecule has 2 heterocycles. The summed E-state index contributed by atoms with van der Waals surface area (Å²) in [6.07, 6.45) is 0.129. The molecule has 0 bridgehead atoms. The van der Waals surface area contributed by atoms with Crippen LogP contribution in [0.15, 0.2) is 42.5 Å². The predicted octanol–water partition coefficient (Wildman–Crippen LogP) is 2.59. The molecule has 0 saturated heterocycles. The molecule has 2 aromatic rings. The van der Waals surface area contributed by atoms with E-state index in [2.05, 4.69) is 0 Å². The molecule has 1 unspecified atom stereocenters. The van der Waals surface area contributed by atoms with Crippen LogP contribution < -0.4 is 14.5 Å². The van der Waals surface area contributed by atoms with E-state index in [0.29, 0.717) is 11.3 Å². The summed E-state index contributed by atoms with van der Waals surface area (Å²) < 4.78 is 5.23. The fourth-order valence-electron chi connectivity index (χ4n) is 3.92. The molecule has 5 heteroatoms. The lowest BCUT2D eigenvalue weighted by Gasteiger charge is -2.43. The number of carbonyl (C=O) groups is 2. The minimum atomic E-state index is -0.968. The number of carbonyl (C=O) groups excluding carboxylic acids is 2. The van der Waals surface area contributed by atoms with Gasteiger partial charge in [-0.1, -0.05) is 18.2 Å². The lowest BCUT2D eigenvalue weighted by molar-refractivity contribution is -0.122. The number of Topliss-reactive ketones (excluding diaryl/α,β-unsaturated/α-hetero) is 1. The van der Waals surface area contributed by atoms with Gasteiger partial charge in [0.1, 0.15) is 5.75 Å². The van der Waals surface area contributed by atoms with Gasteiger partial charge in [-0.15, -0.1) is 0 Å². The van der Waals surface area contributed by atoms with Gasteiger partial charge in [0, 0.05) is 43.0 Å². The average molecular weight is 322 g/mol. The summed E-state index contributed by atoms with van der Waals surface area (Å²) >= 11 is 0. The molecule has 122 valence electrons. The number of amides is 1. The summed E-state index contributed by atoms with van der Waals surface area (Å²) in [5.74, 6) is 0.531. The average Bonchev–Trinajstić information content (AvgIpc) is 2.82. The van der Waals surface area contributed by atoms with Crippen molar-refractivity contribution in [2.75, 3.05) is 31.0 Å². The van der Waals surface area contributed by atoms with E-state index in [4.69, 9.17) is 4.74 Å². The second-order valence-corrected chi connectivity index (χ2v) is 6.28. The number of ketones is 1. The largest absolute Gasteiger partial charge is 0.497 e. The normalized spacial score (nSPS) is 22.0. The monoisotopic (exact) mass is 322 g/mol. The van der Waals surface area contributed by atoms with Gasteiger partial charge in [-0.05, 0) is 24.3 Å². The molecular formula is C19H18N2O3. The van der Waals surface area contributed by atoms with Crippen LogP contribution in [0.25, 0.3) is 0 Å². The van der Waals surface area contributed by atoms with Gasteiger partial charge in [0.05, 0.1) is 7.11 Å². The summed E-state index contributed by atoms with van der Waals surface area (Å²) in [5, 5.41) is 0. The molecule has 24 heavy (non-hydrogen) atoms. The summed E-state index contributed by atoms with van der Waals surface area (Å²) in [6.45, 7) is 0. The molecule has 2 aliphatic heterocycles. The van der Waals surface area contributed by atoms with Gasteiger partial charge in [-0.3, -0.25) is 9.59 Å². The summed E-state index contributed by atoms with van der Waals surface area (Å²) in [4.78, 5) is 29.6. The van der Waals surface area contributed by atoms with Crippen LogP contribution in [0.1, 0.15) is 22.3 Å². The molecule has 4 rings (SSSR count). The number of fused-ring (bicyclic) bond motifs is 3. The minimum absolute atomic E-state index is 0.0412. The van der Waals surface area contributed by atoms with E-state index >= 15 is 0 Å². The van der Waals surface area contributed by atoms with Crippen LogP contribution in [0.3, 0.4) is 0 Å². The van der Waals surface area contributed by atoms with E-state index in [-0.39, 0.29) is 18.1 Å². The number of benzene rings is 2. The standard InChI is InChI=1S/C19H18N2O3/c1-20-16-7-5-4-6-14(16)19(18(20)23)11-17(22)13-10-12(24-3)8-9-15(13)21(19)2/h4-10H,11H2,1-3H3. The number of rotatable bonds is 1. The lowest BCUT2D eigenvalue weighted by atomic mass is 9.79. The molecule has 1 spiro atoms. The number of nitrogens with zero attached hydrogens (tertiary/aromatic N) is 2. The Morgan fingerprint density at radius 1 is 1.04 bits per heavy atom. The summed E-state index contributed by atoms with van der Waals surface area (Å²) in [6, 6.07) is 13.1. The van der Waals surface area contributed by atoms with Gasteiger partial charge in [0.2, 0.25) is 0 Å².